The molecule has 11 heteroatoms. The number of nitrogens with one attached hydrogen (secondary N) is 2. The first-order valence-electron chi connectivity index (χ1n) is 11.3. The summed E-state index contributed by atoms with van der Waals surface area (Å²) < 4.78 is 12.1. The van der Waals surface area contributed by atoms with E-state index in [1.807, 2.05) is 20.8 Å². The average molecular weight is 492 g/mol. The van der Waals surface area contributed by atoms with Crippen molar-refractivity contribution in [2.45, 2.75) is 52.6 Å². The highest BCUT2D eigenvalue weighted by atomic mass is 16.6. The van der Waals surface area contributed by atoms with Crippen LogP contribution in [0.2, 0.25) is 0 Å². The van der Waals surface area contributed by atoms with Gasteiger partial charge in [-0.15, -0.1) is 0 Å². The number of nitrogen functional groups attached to an aromatic ring is 1. The second-order valence-corrected chi connectivity index (χ2v) is 10.3. The standard InChI is InChI=1S/C25H29N7O4/c1-24(2,3)17-11-18(31-36-17)30-22(33)29-15-9-7-14(8-10-15)16-12-32(23(34)35-25(4,5)6)21-19(16)20(26)27-13-28-21/h7-13H,1-6H3,(H2,26,27,28)(H2,29,30,31,33). The zero-order chi connectivity index (χ0) is 26.3. The number of benzene rings is 1. The summed E-state index contributed by atoms with van der Waals surface area (Å²) in [4.78, 5) is 33.5. The average Bonchev–Trinajstić information content (AvgIpc) is 3.39. The van der Waals surface area contributed by atoms with E-state index in [0.717, 1.165) is 5.56 Å². The van der Waals surface area contributed by atoms with Crippen molar-refractivity contribution in [1.29, 1.82) is 0 Å². The fourth-order valence-electron chi connectivity index (χ4n) is 3.45. The van der Waals surface area contributed by atoms with Crippen LogP contribution >= 0.6 is 0 Å². The third-order valence-electron chi connectivity index (χ3n) is 5.15. The number of aromatic nitrogens is 4. The summed E-state index contributed by atoms with van der Waals surface area (Å²) in [6.45, 7) is 11.3. The van der Waals surface area contributed by atoms with E-state index in [2.05, 4.69) is 25.8 Å². The lowest BCUT2D eigenvalue weighted by atomic mass is 9.93. The van der Waals surface area contributed by atoms with Gasteiger partial charge >= 0.3 is 12.1 Å². The fraction of sp³-hybridized carbons (Fsp3) is 0.320. The van der Waals surface area contributed by atoms with E-state index in [1.54, 1.807) is 57.3 Å². The van der Waals surface area contributed by atoms with Crippen LogP contribution in [0.5, 0.6) is 0 Å². The van der Waals surface area contributed by atoms with Crippen LogP contribution in [0.4, 0.5) is 26.9 Å². The van der Waals surface area contributed by atoms with E-state index in [4.69, 9.17) is 15.0 Å². The van der Waals surface area contributed by atoms with Crippen molar-refractivity contribution in [3.8, 4) is 11.1 Å². The molecule has 0 bridgehead atoms. The number of ether oxygens (including phenoxy) is 1. The van der Waals surface area contributed by atoms with Gasteiger partial charge in [0, 0.05) is 28.9 Å². The summed E-state index contributed by atoms with van der Waals surface area (Å²) in [5, 5.41) is 9.82. The van der Waals surface area contributed by atoms with Crippen molar-refractivity contribution in [3.63, 3.8) is 0 Å². The Morgan fingerprint density at radius 3 is 2.33 bits per heavy atom. The van der Waals surface area contributed by atoms with Gasteiger partial charge in [0.05, 0.1) is 5.39 Å². The van der Waals surface area contributed by atoms with E-state index in [-0.39, 0.29) is 11.2 Å². The highest BCUT2D eigenvalue weighted by Gasteiger charge is 2.24. The SMILES string of the molecule is CC(C)(C)OC(=O)n1cc(-c2ccc(NC(=O)Nc3cc(C(C)(C)C)on3)cc2)c2c(N)ncnc21. The number of nitrogens with zero attached hydrogens (tertiary/aromatic N) is 4. The maximum absolute atomic E-state index is 12.8. The van der Waals surface area contributed by atoms with Crippen LogP contribution in [-0.2, 0) is 10.2 Å². The third-order valence-corrected chi connectivity index (χ3v) is 5.15. The molecule has 4 N–H and O–H groups in total. The lowest BCUT2D eigenvalue weighted by molar-refractivity contribution is 0.0543. The molecule has 3 heterocycles. The molecular formula is C25H29N7O4. The third kappa shape index (κ3) is 5.29. The zero-order valence-electron chi connectivity index (χ0n) is 21.0. The topological polar surface area (TPSA) is 150 Å². The molecule has 0 atom stereocenters. The molecule has 188 valence electrons. The van der Waals surface area contributed by atoms with Gasteiger partial charge in [0.25, 0.3) is 0 Å². The van der Waals surface area contributed by atoms with Gasteiger partial charge < -0.3 is 20.3 Å². The lowest BCUT2D eigenvalue weighted by Gasteiger charge is -2.19. The van der Waals surface area contributed by atoms with Crippen LogP contribution in [-0.4, -0.2) is 37.4 Å². The summed E-state index contributed by atoms with van der Waals surface area (Å²) in [7, 11) is 0. The van der Waals surface area contributed by atoms with Crippen LogP contribution in [0.15, 0.2) is 47.4 Å². The first-order valence-corrected chi connectivity index (χ1v) is 11.3. The van der Waals surface area contributed by atoms with Crippen molar-refractivity contribution >= 4 is 40.5 Å². The van der Waals surface area contributed by atoms with Crippen molar-refractivity contribution < 1.29 is 18.8 Å². The first-order chi connectivity index (χ1) is 16.8. The molecule has 0 spiro atoms. The number of hydrogen-bond acceptors (Lipinski definition) is 8. The van der Waals surface area contributed by atoms with Gasteiger partial charge in [0.15, 0.2) is 11.5 Å². The van der Waals surface area contributed by atoms with E-state index < -0.39 is 17.7 Å². The number of hydrogen-bond donors (Lipinski definition) is 3. The Balaban J connectivity index is 1.55. The molecule has 0 saturated carbocycles. The Morgan fingerprint density at radius 2 is 1.72 bits per heavy atom. The molecule has 1 aromatic carbocycles. The smallest absolute Gasteiger partial charge is 0.420 e. The molecule has 0 fully saturated rings. The van der Waals surface area contributed by atoms with Gasteiger partial charge in [-0.1, -0.05) is 38.1 Å². The van der Waals surface area contributed by atoms with Crippen molar-refractivity contribution in [2.24, 2.45) is 0 Å². The minimum Gasteiger partial charge on any atom is -0.443 e. The predicted octanol–water partition coefficient (Wildman–Crippen LogP) is 5.39. The summed E-state index contributed by atoms with van der Waals surface area (Å²) in [6.07, 6.45) is 2.35. The number of fused-ring (bicyclic) bond motifs is 1. The van der Waals surface area contributed by atoms with Gasteiger partial charge in [-0.05, 0) is 38.5 Å². The van der Waals surface area contributed by atoms with Gasteiger partial charge in [0.2, 0.25) is 0 Å². The second kappa shape index (κ2) is 8.99. The summed E-state index contributed by atoms with van der Waals surface area (Å²) in [5.41, 5.74) is 7.54. The monoisotopic (exact) mass is 491 g/mol. The molecule has 11 nitrogen and oxygen atoms in total. The number of nitrogens with two attached hydrogens (primary N) is 1. The van der Waals surface area contributed by atoms with E-state index in [0.29, 0.717) is 33.9 Å². The Labute approximate surface area is 208 Å². The maximum Gasteiger partial charge on any atom is 0.420 e. The minimum atomic E-state index is -0.680. The predicted molar refractivity (Wildman–Crippen MR) is 137 cm³/mol. The number of urea groups is 1. The number of carbonyl (C=O) groups is 2. The van der Waals surface area contributed by atoms with Gasteiger partial charge in [-0.2, -0.15) is 0 Å². The molecule has 0 aliphatic carbocycles. The fourth-order valence-corrected chi connectivity index (χ4v) is 3.45. The maximum atomic E-state index is 12.8. The largest absolute Gasteiger partial charge is 0.443 e. The first kappa shape index (κ1) is 24.7. The summed E-state index contributed by atoms with van der Waals surface area (Å²) in [6, 6.07) is 8.28. The number of anilines is 3. The van der Waals surface area contributed by atoms with Gasteiger partial charge in [0.1, 0.15) is 23.5 Å². The van der Waals surface area contributed by atoms with Crippen LogP contribution in [0, 0.1) is 0 Å². The molecule has 4 aromatic rings. The highest BCUT2D eigenvalue weighted by molar-refractivity contribution is 6.04. The van der Waals surface area contributed by atoms with Gasteiger partial charge in [-0.3, -0.25) is 5.32 Å². The molecule has 0 aliphatic rings. The molecular weight excluding hydrogens is 462 g/mol. The molecule has 36 heavy (non-hydrogen) atoms. The Morgan fingerprint density at radius 1 is 1.03 bits per heavy atom. The molecule has 4 rings (SSSR count). The zero-order valence-corrected chi connectivity index (χ0v) is 21.0. The van der Waals surface area contributed by atoms with Crippen LogP contribution in [0.3, 0.4) is 0 Å². The Bertz CT molecular complexity index is 1420. The molecule has 0 saturated heterocycles. The molecule has 0 aliphatic heterocycles. The van der Waals surface area contributed by atoms with Crippen LogP contribution in [0.1, 0.15) is 47.3 Å². The Hall–Kier alpha value is -4.41. The normalized spacial score (nSPS) is 11.9. The summed E-state index contributed by atoms with van der Waals surface area (Å²) >= 11 is 0. The van der Waals surface area contributed by atoms with E-state index in [1.165, 1.54) is 10.9 Å². The number of rotatable bonds is 3. The molecule has 3 aromatic heterocycles. The summed E-state index contributed by atoms with van der Waals surface area (Å²) in [5.74, 6) is 1.22. The second-order valence-electron chi connectivity index (χ2n) is 10.3. The molecule has 0 radical (unpaired) electrons. The number of carbonyl (C=O) groups excluding carboxylic acids is 2. The van der Waals surface area contributed by atoms with Crippen molar-refractivity contribution in [3.05, 3.63) is 48.6 Å². The van der Waals surface area contributed by atoms with E-state index in [9.17, 15) is 9.59 Å². The van der Waals surface area contributed by atoms with Gasteiger partial charge in [-0.25, -0.2) is 24.1 Å². The minimum absolute atomic E-state index is 0.222. The van der Waals surface area contributed by atoms with Crippen LogP contribution in [0.25, 0.3) is 22.2 Å². The van der Waals surface area contributed by atoms with Crippen molar-refractivity contribution in [1.82, 2.24) is 19.7 Å². The van der Waals surface area contributed by atoms with Crippen molar-refractivity contribution in [2.75, 3.05) is 16.4 Å². The lowest BCUT2D eigenvalue weighted by Crippen LogP contribution is -2.26. The molecule has 0 unspecified atom stereocenters. The highest BCUT2D eigenvalue weighted by Crippen LogP contribution is 2.33. The quantitative estimate of drug-likeness (QED) is 0.345. The number of amides is 2. The van der Waals surface area contributed by atoms with E-state index >= 15 is 0 Å². The molecule has 2 amide bonds. The van der Waals surface area contributed by atoms with Crippen LogP contribution < -0.4 is 16.4 Å². The Kier molecular flexibility index (Phi) is 6.17.